The van der Waals surface area contributed by atoms with Crippen LogP contribution in [0.5, 0.6) is 0 Å². The predicted octanol–water partition coefficient (Wildman–Crippen LogP) is 3.28. The molecule has 7 heteroatoms. The highest BCUT2D eigenvalue weighted by Crippen LogP contribution is 2.30. The molecule has 7 nitrogen and oxygen atoms in total. The zero-order valence-electron chi connectivity index (χ0n) is 19.7. The van der Waals surface area contributed by atoms with Crippen LogP contribution in [0.4, 0.5) is 5.69 Å². The van der Waals surface area contributed by atoms with Gasteiger partial charge in [-0.15, -0.1) is 0 Å². The number of aliphatic imine (C=N–C) groups is 1. The van der Waals surface area contributed by atoms with E-state index < -0.39 is 17.5 Å². The number of nitrogens with one attached hydrogen (secondary N) is 2. The van der Waals surface area contributed by atoms with E-state index in [1.807, 2.05) is 75.4 Å². The summed E-state index contributed by atoms with van der Waals surface area (Å²) in [5.41, 5.74) is 1.69. The Morgan fingerprint density at radius 3 is 2.24 bits per heavy atom. The molecule has 0 aliphatic carbocycles. The Kier molecular flexibility index (Phi) is 7.63. The molecule has 33 heavy (non-hydrogen) atoms. The van der Waals surface area contributed by atoms with Gasteiger partial charge in [0.05, 0.1) is 11.4 Å². The minimum absolute atomic E-state index is 0.317. The van der Waals surface area contributed by atoms with Gasteiger partial charge in [0.1, 0.15) is 5.41 Å². The lowest BCUT2D eigenvalue weighted by molar-refractivity contribution is -0.145. The molecule has 2 aromatic carbocycles. The lowest BCUT2D eigenvalue weighted by atomic mass is 9.80. The summed E-state index contributed by atoms with van der Waals surface area (Å²) >= 11 is 0. The first-order valence-electron chi connectivity index (χ1n) is 11.5. The summed E-state index contributed by atoms with van der Waals surface area (Å²) in [6.07, 6.45) is 0.251. The maximum atomic E-state index is 13.5. The van der Waals surface area contributed by atoms with Crippen molar-refractivity contribution in [1.29, 1.82) is 0 Å². The molecule has 0 aromatic heterocycles. The molecule has 2 aromatic rings. The quantitative estimate of drug-likeness (QED) is 0.607. The Hall–Kier alpha value is -3.48. The van der Waals surface area contributed by atoms with Crippen molar-refractivity contribution in [1.82, 2.24) is 10.6 Å². The summed E-state index contributed by atoms with van der Waals surface area (Å²) < 4.78 is 0. The normalized spacial score (nSPS) is 15.9. The van der Waals surface area contributed by atoms with E-state index in [-0.39, 0.29) is 11.8 Å². The molecule has 0 unspecified atom stereocenters. The van der Waals surface area contributed by atoms with Gasteiger partial charge in [0.15, 0.2) is 0 Å². The van der Waals surface area contributed by atoms with E-state index >= 15 is 0 Å². The van der Waals surface area contributed by atoms with Crippen molar-refractivity contribution >= 4 is 29.1 Å². The van der Waals surface area contributed by atoms with Crippen LogP contribution in [0.25, 0.3) is 0 Å². The summed E-state index contributed by atoms with van der Waals surface area (Å²) in [6.45, 7) is 6.07. The third-order valence-electron chi connectivity index (χ3n) is 6.27. The molecular weight excluding hydrogens is 416 g/mol. The van der Waals surface area contributed by atoms with E-state index in [1.165, 1.54) is 4.90 Å². The van der Waals surface area contributed by atoms with E-state index in [0.717, 1.165) is 17.5 Å². The Balaban J connectivity index is 2.04. The van der Waals surface area contributed by atoms with Crippen molar-refractivity contribution in [3.05, 3.63) is 65.7 Å². The van der Waals surface area contributed by atoms with E-state index in [1.54, 1.807) is 7.05 Å². The number of hydrogen-bond acceptors (Lipinski definition) is 4. The number of carbonyl (C=O) groups excluding carboxylic acids is 3. The number of likely N-dealkylation sites (N-methyl/N-ethyl adjacent to an activating group) is 1. The summed E-state index contributed by atoms with van der Waals surface area (Å²) in [6, 6.07) is 17.1. The number of rotatable bonds is 8. The van der Waals surface area contributed by atoms with Crippen LogP contribution in [0.3, 0.4) is 0 Å². The van der Waals surface area contributed by atoms with Gasteiger partial charge in [0.25, 0.3) is 5.91 Å². The minimum Gasteiger partial charge on any atom is -0.355 e. The number of benzene rings is 2. The van der Waals surface area contributed by atoms with E-state index in [9.17, 15) is 14.4 Å². The number of hydrogen-bond donors (Lipinski definition) is 2. The van der Waals surface area contributed by atoms with E-state index in [2.05, 4.69) is 10.6 Å². The lowest BCUT2D eigenvalue weighted by Crippen LogP contribution is -2.55. The molecule has 1 aliphatic heterocycles. The molecule has 0 bridgehead atoms. The molecule has 3 amide bonds. The van der Waals surface area contributed by atoms with Crippen molar-refractivity contribution in [2.24, 2.45) is 10.4 Å². The Bertz CT molecular complexity index is 1040. The van der Waals surface area contributed by atoms with Crippen LogP contribution in [-0.4, -0.2) is 43.2 Å². The average molecular weight is 449 g/mol. The summed E-state index contributed by atoms with van der Waals surface area (Å²) in [7, 11) is 1.67. The fourth-order valence-electron chi connectivity index (χ4n) is 4.11. The van der Waals surface area contributed by atoms with Gasteiger partial charge < -0.3 is 15.5 Å². The van der Waals surface area contributed by atoms with E-state index in [4.69, 9.17) is 4.99 Å². The van der Waals surface area contributed by atoms with Gasteiger partial charge in [-0.05, 0) is 25.3 Å². The van der Waals surface area contributed by atoms with Gasteiger partial charge in [-0.2, -0.15) is 0 Å². The monoisotopic (exact) mass is 448 g/mol. The Morgan fingerprint density at radius 1 is 0.970 bits per heavy atom. The Morgan fingerprint density at radius 2 is 1.61 bits per heavy atom. The van der Waals surface area contributed by atoms with Gasteiger partial charge in [-0.3, -0.25) is 14.4 Å². The van der Waals surface area contributed by atoms with Crippen LogP contribution < -0.4 is 15.5 Å². The maximum absolute atomic E-state index is 13.5. The first-order chi connectivity index (χ1) is 15.9. The minimum atomic E-state index is -1.27. The summed E-state index contributed by atoms with van der Waals surface area (Å²) in [5, 5.41) is 5.64. The molecule has 0 radical (unpaired) electrons. The number of benzodiazepines with no additional fused rings is 1. The number of amides is 3. The largest absolute Gasteiger partial charge is 0.355 e. The number of carbonyl (C=O) groups is 3. The van der Waals surface area contributed by atoms with Crippen LogP contribution in [0.15, 0.2) is 59.6 Å². The molecule has 1 heterocycles. The number of nitrogens with zero attached hydrogens (tertiary/aromatic N) is 2. The van der Waals surface area contributed by atoms with E-state index in [0.29, 0.717) is 30.8 Å². The van der Waals surface area contributed by atoms with Crippen LogP contribution in [-0.2, 0) is 14.4 Å². The third-order valence-corrected chi connectivity index (χ3v) is 6.27. The van der Waals surface area contributed by atoms with Crippen molar-refractivity contribution in [2.75, 3.05) is 18.5 Å². The second kappa shape index (κ2) is 10.4. The standard InChI is InChI=1S/C26H32N4O3/c1-5-17-27-24(32)26(6-2,7-3)25(33)29-22-23(31)30(4)20-16-12-11-15-19(20)21(28-22)18-13-9-8-10-14-18/h8-16,22H,5-7,17H2,1-4H3,(H,27,32)(H,29,33)/t22-/m1/s1. The second-order valence-electron chi connectivity index (χ2n) is 8.18. The fourth-order valence-corrected chi connectivity index (χ4v) is 4.11. The first-order valence-corrected chi connectivity index (χ1v) is 11.5. The van der Waals surface area contributed by atoms with Gasteiger partial charge in [0.2, 0.25) is 18.0 Å². The van der Waals surface area contributed by atoms with Gasteiger partial charge in [-0.1, -0.05) is 69.3 Å². The molecule has 0 fully saturated rings. The molecule has 2 N–H and O–H groups in total. The second-order valence-corrected chi connectivity index (χ2v) is 8.18. The van der Waals surface area contributed by atoms with Crippen LogP contribution in [0.2, 0.25) is 0 Å². The topological polar surface area (TPSA) is 90.9 Å². The van der Waals surface area contributed by atoms with Gasteiger partial charge in [0, 0.05) is 24.7 Å². The smallest absolute Gasteiger partial charge is 0.272 e. The number of anilines is 1. The van der Waals surface area contributed by atoms with Gasteiger partial charge in [-0.25, -0.2) is 4.99 Å². The van der Waals surface area contributed by atoms with Crippen molar-refractivity contribution in [3.63, 3.8) is 0 Å². The summed E-state index contributed by atoms with van der Waals surface area (Å²) in [4.78, 5) is 46.0. The molecule has 1 atom stereocenters. The molecule has 0 saturated heterocycles. The molecule has 1 aliphatic rings. The van der Waals surface area contributed by atoms with Crippen molar-refractivity contribution in [2.45, 2.75) is 46.2 Å². The highest BCUT2D eigenvalue weighted by atomic mass is 16.2. The summed E-state index contributed by atoms with van der Waals surface area (Å²) in [5.74, 6) is -1.18. The highest BCUT2D eigenvalue weighted by Gasteiger charge is 2.44. The molecule has 0 spiro atoms. The highest BCUT2D eigenvalue weighted by molar-refractivity contribution is 6.20. The van der Waals surface area contributed by atoms with Gasteiger partial charge >= 0.3 is 0 Å². The van der Waals surface area contributed by atoms with Crippen LogP contribution in [0, 0.1) is 5.41 Å². The Labute approximate surface area is 195 Å². The molecular formula is C26H32N4O3. The maximum Gasteiger partial charge on any atom is 0.272 e. The average Bonchev–Trinajstić information content (AvgIpc) is 2.95. The third kappa shape index (κ3) is 4.67. The van der Waals surface area contributed by atoms with Crippen molar-refractivity contribution < 1.29 is 14.4 Å². The molecule has 0 saturated carbocycles. The lowest BCUT2D eigenvalue weighted by Gasteiger charge is -2.30. The zero-order chi connectivity index (χ0) is 24.0. The predicted molar refractivity (Wildman–Crippen MR) is 130 cm³/mol. The number of fused-ring (bicyclic) bond motifs is 1. The molecule has 3 rings (SSSR count). The zero-order valence-corrected chi connectivity index (χ0v) is 19.7. The van der Waals surface area contributed by atoms with Crippen LogP contribution in [0.1, 0.15) is 51.2 Å². The number of para-hydroxylation sites is 1. The molecule has 174 valence electrons. The first kappa shape index (κ1) is 24.2. The fraction of sp³-hybridized carbons (Fsp3) is 0.385. The van der Waals surface area contributed by atoms with Crippen LogP contribution >= 0.6 is 0 Å². The van der Waals surface area contributed by atoms with Crippen molar-refractivity contribution in [3.8, 4) is 0 Å². The SMILES string of the molecule is CCCNC(=O)C(CC)(CC)C(=O)N[C@H]1N=C(c2ccccc2)c2ccccc2N(C)C1=O.